The number of ether oxygens (including phenoxy) is 1. The van der Waals surface area contributed by atoms with Gasteiger partial charge >= 0.3 is 5.97 Å². The van der Waals surface area contributed by atoms with E-state index in [0.29, 0.717) is 17.7 Å². The number of hydrogen-bond donors (Lipinski definition) is 1. The first-order chi connectivity index (χ1) is 10.5. The summed E-state index contributed by atoms with van der Waals surface area (Å²) in [7, 11) is 0. The van der Waals surface area contributed by atoms with Crippen molar-refractivity contribution in [2.45, 2.75) is 18.9 Å². The highest BCUT2D eigenvalue weighted by molar-refractivity contribution is 9.10. The lowest BCUT2D eigenvalue weighted by Crippen LogP contribution is -2.48. The van der Waals surface area contributed by atoms with Crippen molar-refractivity contribution in [3.8, 4) is 0 Å². The Labute approximate surface area is 136 Å². The third-order valence-corrected chi connectivity index (χ3v) is 4.38. The Balaban J connectivity index is 1.87. The predicted octanol–water partition coefficient (Wildman–Crippen LogP) is 3.56. The summed E-state index contributed by atoms with van der Waals surface area (Å²) in [6.07, 6.45) is 0.352. The van der Waals surface area contributed by atoms with E-state index in [4.69, 9.17) is 4.74 Å². The monoisotopic (exact) mass is 359 g/mol. The molecule has 1 N–H and O–H groups in total. The smallest absolute Gasteiger partial charge is 0.339 e. The van der Waals surface area contributed by atoms with Crippen LogP contribution < -0.4 is 5.32 Å². The van der Waals surface area contributed by atoms with Crippen molar-refractivity contribution in [2.75, 3.05) is 5.32 Å². The van der Waals surface area contributed by atoms with Crippen LogP contribution in [0.25, 0.3) is 0 Å². The molecule has 1 amide bonds. The lowest BCUT2D eigenvalue weighted by Gasteiger charge is -2.33. The zero-order chi connectivity index (χ0) is 15.7. The third kappa shape index (κ3) is 2.64. The number of cyclic esters (lactones) is 1. The number of nitrogens with one attached hydrogen (secondary N) is 1. The van der Waals surface area contributed by atoms with Crippen LogP contribution in [0.3, 0.4) is 0 Å². The number of carbonyl (C=O) groups excluding carboxylic acids is 2. The fraction of sp³-hybridized carbons (Fsp3) is 0.176. The zero-order valence-corrected chi connectivity index (χ0v) is 13.5. The molecular formula is C17H14BrNO3. The molecular weight excluding hydrogens is 346 g/mol. The van der Waals surface area contributed by atoms with Crippen molar-refractivity contribution in [2.24, 2.45) is 0 Å². The molecule has 1 aliphatic rings. The second-order valence-corrected chi connectivity index (χ2v) is 6.24. The first-order valence-corrected chi connectivity index (χ1v) is 7.66. The van der Waals surface area contributed by atoms with Gasteiger partial charge in [-0.25, -0.2) is 4.79 Å². The maximum Gasteiger partial charge on any atom is 0.339 e. The van der Waals surface area contributed by atoms with E-state index in [-0.39, 0.29) is 5.91 Å². The van der Waals surface area contributed by atoms with Gasteiger partial charge in [-0.15, -0.1) is 0 Å². The summed E-state index contributed by atoms with van der Waals surface area (Å²) in [5, 5.41) is 2.81. The molecule has 0 bridgehead atoms. The lowest BCUT2D eigenvalue weighted by molar-refractivity contribution is -0.134. The molecule has 112 valence electrons. The second kappa shape index (κ2) is 5.57. The highest BCUT2D eigenvalue weighted by Gasteiger charge is 2.42. The van der Waals surface area contributed by atoms with Gasteiger partial charge in [0.25, 0.3) is 5.91 Å². The molecule has 0 aliphatic carbocycles. The van der Waals surface area contributed by atoms with Gasteiger partial charge in [-0.1, -0.05) is 30.3 Å². The molecule has 1 atom stereocenters. The van der Waals surface area contributed by atoms with Gasteiger partial charge in [-0.3, -0.25) is 4.79 Å². The van der Waals surface area contributed by atoms with Crippen LogP contribution in [0.2, 0.25) is 0 Å². The van der Waals surface area contributed by atoms with Crippen LogP contribution in [-0.2, 0) is 16.0 Å². The summed E-state index contributed by atoms with van der Waals surface area (Å²) in [6.45, 7) is 1.63. The van der Waals surface area contributed by atoms with E-state index in [2.05, 4.69) is 21.2 Å². The van der Waals surface area contributed by atoms with Crippen LogP contribution in [0.15, 0.2) is 53.0 Å². The lowest BCUT2D eigenvalue weighted by atomic mass is 9.89. The summed E-state index contributed by atoms with van der Waals surface area (Å²) >= 11 is 3.38. The molecule has 0 radical (unpaired) electrons. The SMILES string of the molecule is CC1(C(=O)Nc2ccccc2Br)Cc2ccccc2C(=O)O1. The Bertz CT molecular complexity index is 759. The summed E-state index contributed by atoms with van der Waals surface area (Å²) in [6, 6.07) is 14.5. The average Bonchev–Trinajstić information content (AvgIpc) is 2.49. The average molecular weight is 360 g/mol. The number of amides is 1. The van der Waals surface area contributed by atoms with Crippen LogP contribution in [0.4, 0.5) is 5.69 Å². The van der Waals surface area contributed by atoms with Crippen LogP contribution in [-0.4, -0.2) is 17.5 Å². The van der Waals surface area contributed by atoms with Gasteiger partial charge in [0.15, 0.2) is 5.60 Å². The van der Waals surface area contributed by atoms with E-state index in [1.165, 1.54) is 0 Å². The number of hydrogen-bond acceptors (Lipinski definition) is 3. The van der Waals surface area contributed by atoms with Crippen molar-refractivity contribution in [3.05, 3.63) is 64.1 Å². The fourth-order valence-electron chi connectivity index (χ4n) is 2.48. The standard InChI is InChI=1S/C17H14BrNO3/c1-17(16(21)19-14-9-5-4-8-13(14)18)10-11-6-2-3-7-12(11)15(20)22-17/h2-9H,10H2,1H3,(H,19,21). The number of esters is 1. The van der Waals surface area contributed by atoms with Crippen molar-refractivity contribution in [1.82, 2.24) is 0 Å². The van der Waals surface area contributed by atoms with E-state index < -0.39 is 11.6 Å². The Morgan fingerprint density at radius 3 is 2.64 bits per heavy atom. The molecule has 22 heavy (non-hydrogen) atoms. The molecule has 1 heterocycles. The van der Waals surface area contributed by atoms with E-state index in [1.807, 2.05) is 30.3 Å². The molecule has 0 fully saturated rings. The maximum atomic E-state index is 12.6. The predicted molar refractivity (Wildman–Crippen MR) is 86.7 cm³/mol. The van der Waals surface area contributed by atoms with Crippen molar-refractivity contribution in [3.63, 3.8) is 0 Å². The topological polar surface area (TPSA) is 55.4 Å². The quantitative estimate of drug-likeness (QED) is 0.834. The minimum Gasteiger partial charge on any atom is -0.445 e. The zero-order valence-electron chi connectivity index (χ0n) is 11.9. The van der Waals surface area contributed by atoms with Gasteiger partial charge in [0.1, 0.15) is 0 Å². The summed E-state index contributed by atoms with van der Waals surface area (Å²) in [4.78, 5) is 24.7. The molecule has 2 aromatic rings. The Morgan fingerprint density at radius 2 is 1.86 bits per heavy atom. The van der Waals surface area contributed by atoms with Crippen molar-refractivity contribution in [1.29, 1.82) is 0 Å². The van der Waals surface area contributed by atoms with Gasteiger partial charge in [0, 0.05) is 10.9 Å². The molecule has 0 aromatic heterocycles. The molecule has 2 aromatic carbocycles. The van der Waals surface area contributed by atoms with Gasteiger partial charge in [0.2, 0.25) is 0 Å². The van der Waals surface area contributed by atoms with Gasteiger partial charge in [-0.2, -0.15) is 0 Å². The third-order valence-electron chi connectivity index (χ3n) is 3.69. The first kappa shape index (κ1) is 14.8. The Hall–Kier alpha value is -2.14. The highest BCUT2D eigenvalue weighted by Crippen LogP contribution is 2.30. The Kier molecular flexibility index (Phi) is 3.74. The number of benzene rings is 2. The highest BCUT2D eigenvalue weighted by atomic mass is 79.9. The van der Waals surface area contributed by atoms with Gasteiger partial charge in [0.05, 0.1) is 11.3 Å². The summed E-state index contributed by atoms with van der Waals surface area (Å²) < 4.78 is 6.18. The van der Waals surface area contributed by atoms with E-state index >= 15 is 0 Å². The molecule has 5 heteroatoms. The summed E-state index contributed by atoms with van der Waals surface area (Å²) in [5.74, 6) is -0.811. The second-order valence-electron chi connectivity index (χ2n) is 5.39. The van der Waals surface area contributed by atoms with Crippen molar-refractivity contribution >= 4 is 33.5 Å². The normalized spacial score (nSPS) is 20.0. The molecule has 0 saturated carbocycles. The van der Waals surface area contributed by atoms with Crippen LogP contribution >= 0.6 is 15.9 Å². The number of para-hydroxylation sites is 1. The van der Waals surface area contributed by atoms with Crippen molar-refractivity contribution < 1.29 is 14.3 Å². The molecule has 0 saturated heterocycles. The largest absolute Gasteiger partial charge is 0.445 e. The van der Waals surface area contributed by atoms with Crippen LogP contribution in [0.1, 0.15) is 22.8 Å². The molecule has 1 aliphatic heterocycles. The van der Waals surface area contributed by atoms with E-state index in [1.54, 1.807) is 25.1 Å². The van der Waals surface area contributed by atoms with Crippen LogP contribution in [0.5, 0.6) is 0 Å². The summed E-state index contributed by atoms with van der Waals surface area (Å²) in [5.41, 5.74) is 0.765. The number of halogens is 1. The van der Waals surface area contributed by atoms with E-state index in [0.717, 1.165) is 10.0 Å². The number of carbonyl (C=O) groups is 2. The molecule has 0 spiro atoms. The fourth-order valence-corrected chi connectivity index (χ4v) is 2.86. The minimum absolute atomic E-state index is 0.345. The molecule has 1 unspecified atom stereocenters. The number of fused-ring (bicyclic) bond motifs is 1. The maximum absolute atomic E-state index is 12.6. The first-order valence-electron chi connectivity index (χ1n) is 6.87. The van der Waals surface area contributed by atoms with Gasteiger partial charge < -0.3 is 10.1 Å². The van der Waals surface area contributed by atoms with Crippen LogP contribution in [0, 0.1) is 0 Å². The van der Waals surface area contributed by atoms with E-state index in [9.17, 15) is 9.59 Å². The molecule has 4 nitrogen and oxygen atoms in total. The Morgan fingerprint density at radius 1 is 1.18 bits per heavy atom. The van der Waals surface area contributed by atoms with Gasteiger partial charge in [-0.05, 0) is 46.6 Å². The minimum atomic E-state index is -1.22. The number of anilines is 1. The number of rotatable bonds is 2. The molecule has 3 rings (SSSR count).